The number of halogens is 1. The summed E-state index contributed by atoms with van der Waals surface area (Å²) in [5.41, 5.74) is 6.51. The molecule has 110 valence electrons. The fourth-order valence-electron chi connectivity index (χ4n) is 1.63. The molecule has 21 heavy (non-hydrogen) atoms. The first-order chi connectivity index (χ1) is 9.79. The first kappa shape index (κ1) is 15.3. The number of pyridine rings is 1. The predicted molar refractivity (Wildman–Crippen MR) is 82.1 cm³/mol. The summed E-state index contributed by atoms with van der Waals surface area (Å²) in [7, 11) is -3.81. The Labute approximate surface area is 127 Å². The van der Waals surface area contributed by atoms with Gasteiger partial charge in [-0.2, -0.15) is 0 Å². The smallest absolute Gasteiger partial charge is 0.263 e. The maximum absolute atomic E-state index is 13.0. The lowest BCUT2D eigenvalue weighted by Crippen LogP contribution is -2.16. The molecule has 0 aliphatic heterocycles. The maximum Gasteiger partial charge on any atom is 0.263 e. The van der Waals surface area contributed by atoms with E-state index in [0.717, 1.165) is 6.20 Å². The zero-order chi connectivity index (χ0) is 15.6. The number of hydrogen-bond donors (Lipinski definition) is 2. The Morgan fingerprint density at radius 2 is 2.05 bits per heavy atom. The molecule has 0 aliphatic rings. The van der Waals surface area contributed by atoms with Gasteiger partial charge in [0.15, 0.2) is 0 Å². The van der Waals surface area contributed by atoms with Crippen molar-refractivity contribution in [2.24, 2.45) is 5.73 Å². The largest absolute Gasteiger partial charge is 0.388 e. The number of aromatic nitrogens is 1. The second-order valence-electron chi connectivity index (χ2n) is 4.31. The third-order valence-electron chi connectivity index (χ3n) is 2.73. The van der Waals surface area contributed by atoms with E-state index in [1.54, 1.807) is 6.92 Å². The van der Waals surface area contributed by atoms with Crippen LogP contribution in [0.25, 0.3) is 0 Å². The molecule has 8 heteroatoms. The number of sulfonamides is 1. The minimum absolute atomic E-state index is 0.0359. The lowest BCUT2D eigenvalue weighted by molar-refractivity contribution is 0.600. The molecular weight excluding hydrogens is 313 g/mol. The molecule has 3 N–H and O–H groups in total. The molecule has 1 aromatic heterocycles. The average Bonchev–Trinajstić information content (AvgIpc) is 2.42. The summed E-state index contributed by atoms with van der Waals surface area (Å²) in [6.07, 6.45) is 1.16. The van der Waals surface area contributed by atoms with Crippen molar-refractivity contribution in [2.75, 3.05) is 4.72 Å². The van der Waals surface area contributed by atoms with E-state index in [9.17, 15) is 12.8 Å². The summed E-state index contributed by atoms with van der Waals surface area (Å²) in [6, 6.07) is 6.56. The molecule has 5 nitrogen and oxygen atoms in total. The number of nitrogens with two attached hydrogens (primary N) is 1. The summed E-state index contributed by atoms with van der Waals surface area (Å²) < 4.78 is 39.8. The van der Waals surface area contributed by atoms with Gasteiger partial charge in [0.1, 0.15) is 15.7 Å². The highest BCUT2D eigenvalue weighted by Gasteiger charge is 2.16. The lowest BCUT2D eigenvalue weighted by Gasteiger charge is -2.10. The van der Waals surface area contributed by atoms with Crippen molar-refractivity contribution in [3.8, 4) is 0 Å². The van der Waals surface area contributed by atoms with E-state index in [-0.39, 0.29) is 9.88 Å². The minimum atomic E-state index is -3.81. The van der Waals surface area contributed by atoms with Crippen molar-refractivity contribution >= 4 is 32.9 Å². The molecule has 0 radical (unpaired) electrons. The molecular formula is C13H12FN3O2S2. The molecule has 2 aromatic rings. The van der Waals surface area contributed by atoms with E-state index < -0.39 is 15.8 Å². The summed E-state index contributed by atoms with van der Waals surface area (Å²) >= 11 is 4.75. The van der Waals surface area contributed by atoms with E-state index in [1.165, 1.54) is 30.3 Å². The number of aryl methyl sites for hydroxylation is 1. The van der Waals surface area contributed by atoms with Crippen molar-refractivity contribution in [1.82, 2.24) is 4.98 Å². The van der Waals surface area contributed by atoms with Gasteiger partial charge in [0.25, 0.3) is 10.0 Å². The zero-order valence-electron chi connectivity index (χ0n) is 11.0. The van der Waals surface area contributed by atoms with E-state index in [0.29, 0.717) is 16.9 Å². The fraction of sp³-hybridized carbons (Fsp3) is 0.0769. The van der Waals surface area contributed by atoms with Crippen LogP contribution < -0.4 is 10.5 Å². The van der Waals surface area contributed by atoms with Gasteiger partial charge in [-0.25, -0.2) is 12.8 Å². The van der Waals surface area contributed by atoms with Crippen LogP contribution in [0.4, 0.5) is 10.1 Å². The third-order valence-corrected chi connectivity index (χ3v) is 4.29. The monoisotopic (exact) mass is 325 g/mol. The summed E-state index contributed by atoms with van der Waals surface area (Å²) in [6.45, 7) is 1.61. The first-order valence-electron chi connectivity index (χ1n) is 5.84. The molecule has 0 saturated heterocycles. The molecule has 0 atom stereocenters. The van der Waals surface area contributed by atoms with E-state index in [4.69, 9.17) is 18.0 Å². The van der Waals surface area contributed by atoms with Crippen molar-refractivity contribution in [3.63, 3.8) is 0 Å². The number of nitrogens with one attached hydrogen (secondary N) is 1. The van der Waals surface area contributed by atoms with Crippen molar-refractivity contribution in [3.05, 3.63) is 53.6 Å². The van der Waals surface area contributed by atoms with Gasteiger partial charge < -0.3 is 5.73 Å². The molecule has 0 unspecified atom stereocenters. The van der Waals surface area contributed by atoms with Crippen LogP contribution in [0.15, 0.2) is 41.4 Å². The Kier molecular flexibility index (Phi) is 4.19. The van der Waals surface area contributed by atoms with Crippen LogP contribution in [0.5, 0.6) is 0 Å². The number of rotatable bonds is 4. The number of hydrogen-bond acceptors (Lipinski definition) is 4. The van der Waals surface area contributed by atoms with Gasteiger partial charge in [-0.3, -0.25) is 9.71 Å². The van der Waals surface area contributed by atoms with Crippen molar-refractivity contribution < 1.29 is 12.8 Å². The molecule has 0 saturated carbocycles. The summed E-state index contributed by atoms with van der Waals surface area (Å²) in [5.74, 6) is -0.432. The van der Waals surface area contributed by atoms with Gasteiger partial charge >= 0.3 is 0 Å². The Hall–Kier alpha value is -2.06. The van der Waals surface area contributed by atoms with Crippen LogP contribution in [0.2, 0.25) is 0 Å². The Balaban J connectivity index is 2.31. The Bertz CT molecular complexity index is 790. The quantitative estimate of drug-likeness (QED) is 0.840. The normalized spacial score (nSPS) is 11.1. The van der Waals surface area contributed by atoms with Gasteiger partial charge in [0.2, 0.25) is 0 Å². The number of benzene rings is 1. The predicted octanol–water partition coefficient (Wildman–Crippen LogP) is 1.96. The van der Waals surface area contributed by atoms with Crippen LogP contribution in [0.3, 0.4) is 0 Å². The molecule has 0 spiro atoms. The zero-order valence-corrected chi connectivity index (χ0v) is 12.6. The standard InChI is InChI=1S/C13H12FN3O2S2/c1-8-6-9(14)2-4-11(8)17-21(18,19)10-3-5-12(13(15)20)16-7-10/h2-7,17H,1H3,(H2,15,20). The highest BCUT2D eigenvalue weighted by molar-refractivity contribution is 7.92. The number of anilines is 1. The number of thiocarbonyl (C=S) groups is 1. The van der Waals surface area contributed by atoms with Crippen LogP contribution >= 0.6 is 12.2 Å². The summed E-state index contributed by atoms with van der Waals surface area (Å²) in [5, 5.41) is 0. The Morgan fingerprint density at radius 3 is 2.57 bits per heavy atom. The van der Waals surface area contributed by atoms with Gasteiger partial charge in [-0.05, 0) is 42.8 Å². The van der Waals surface area contributed by atoms with E-state index in [2.05, 4.69) is 9.71 Å². The number of nitrogens with zero attached hydrogens (tertiary/aromatic N) is 1. The van der Waals surface area contributed by atoms with Crippen LogP contribution in [-0.2, 0) is 10.0 Å². The maximum atomic E-state index is 13.0. The van der Waals surface area contributed by atoms with E-state index in [1.807, 2.05) is 0 Å². The van der Waals surface area contributed by atoms with Gasteiger partial charge in [-0.15, -0.1) is 0 Å². The second kappa shape index (κ2) is 5.74. The molecule has 2 rings (SSSR count). The highest BCUT2D eigenvalue weighted by Crippen LogP contribution is 2.20. The van der Waals surface area contributed by atoms with Crippen LogP contribution in [0, 0.1) is 12.7 Å². The first-order valence-corrected chi connectivity index (χ1v) is 7.73. The van der Waals surface area contributed by atoms with Crippen LogP contribution in [0.1, 0.15) is 11.3 Å². The average molecular weight is 325 g/mol. The highest BCUT2D eigenvalue weighted by atomic mass is 32.2. The minimum Gasteiger partial charge on any atom is -0.388 e. The van der Waals surface area contributed by atoms with Gasteiger partial charge in [-0.1, -0.05) is 12.2 Å². The second-order valence-corrected chi connectivity index (χ2v) is 6.43. The molecule has 0 amide bonds. The molecule has 0 aliphatic carbocycles. The molecule has 1 heterocycles. The van der Waals surface area contributed by atoms with E-state index >= 15 is 0 Å². The summed E-state index contributed by atoms with van der Waals surface area (Å²) in [4.78, 5) is 3.93. The molecule has 1 aromatic carbocycles. The topological polar surface area (TPSA) is 85.1 Å². The van der Waals surface area contributed by atoms with Gasteiger partial charge in [0.05, 0.1) is 11.4 Å². The van der Waals surface area contributed by atoms with Crippen molar-refractivity contribution in [2.45, 2.75) is 11.8 Å². The third kappa shape index (κ3) is 3.53. The van der Waals surface area contributed by atoms with Gasteiger partial charge in [0, 0.05) is 6.20 Å². The van der Waals surface area contributed by atoms with Crippen LogP contribution in [-0.4, -0.2) is 18.4 Å². The molecule has 0 fully saturated rings. The lowest BCUT2D eigenvalue weighted by atomic mass is 10.2. The SMILES string of the molecule is Cc1cc(F)ccc1NS(=O)(=O)c1ccc(C(N)=S)nc1. The molecule has 0 bridgehead atoms. The van der Waals surface area contributed by atoms with Crippen molar-refractivity contribution in [1.29, 1.82) is 0 Å². The Morgan fingerprint density at radius 1 is 1.33 bits per heavy atom. The fourth-order valence-corrected chi connectivity index (χ4v) is 2.83.